The summed E-state index contributed by atoms with van der Waals surface area (Å²) in [6, 6.07) is 0. The van der Waals surface area contributed by atoms with E-state index in [1.165, 1.54) is 0 Å². The first-order chi connectivity index (χ1) is 2.63. The van der Waals surface area contributed by atoms with Crippen LogP contribution in [0.5, 0.6) is 0 Å². The highest BCUT2D eigenvalue weighted by atomic mass is 79.9. The lowest BCUT2D eigenvalue weighted by atomic mass is 10.9. The molecule has 0 radical (unpaired) electrons. The summed E-state index contributed by atoms with van der Waals surface area (Å²) in [5.41, 5.74) is 0. The second-order valence-corrected chi connectivity index (χ2v) is 3.68. The molecule has 7 heavy (non-hydrogen) atoms. The molecule has 5 heteroatoms. The lowest BCUT2D eigenvalue weighted by Gasteiger charge is -1.80. The Labute approximate surface area is 59.1 Å². The molecule has 0 amide bonds. The molecule has 0 saturated carbocycles. The van der Waals surface area contributed by atoms with E-state index in [1.54, 1.807) is 0 Å². The maximum absolute atomic E-state index is 9.94. The van der Waals surface area contributed by atoms with Gasteiger partial charge in [0.25, 0.3) is 0 Å². The molecule has 0 spiro atoms. The maximum atomic E-state index is 9.94. The van der Waals surface area contributed by atoms with E-state index in [2.05, 4.69) is 0 Å². The first-order valence-electron chi connectivity index (χ1n) is 1.43. The van der Waals surface area contributed by atoms with Crippen molar-refractivity contribution in [3.8, 4) is 0 Å². The molecule has 2 atom stereocenters. The molecule has 1 rings (SSSR count). The van der Waals surface area contributed by atoms with Gasteiger partial charge in [-0.2, -0.15) is 0 Å². The Balaban J connectivity index is 0.000000360. The van der Waals surface area contributed by atoms with E-state index in [4.69, 9.17) is 16.7 Å². The van der Waals surface area contributed by atoms with Crippen molar-refractivity contribution in [2.24, 2.45) is 0 Å². The van der Waals surface area contributed by atoms with Crippen LogP contribution >= 0.6 is 28.6 Å². The third kappa shape index (κ3) is 1.68. The number of hydrogen-bond donors (Lipinski definition) is 1. The molecule has 2 nitrogen and oxygen atoms in total. The maximum Gasteiger partial charge on any atom is 0.226 e. The average Bonchev–Trinajstić information content (AvgIpc) is 1.73. The lowest BCUT2D eigenvalue weighted by Crippen LogP contribution is -1.94. The molecule has 1 aliphatic heterocycles. The van der Waals surface area contributed by atoms with E-state index in [1.807, 2.05) is 0 Å². The van der Waals surface area contributed by atoms with Crippen LogP contribution in [0.25, 0.3) is 0 Å². The normalized spacial score (nSPS) is 47.4. The van der Waals surface area contributed by atoms with Crippen molar-refractivity contribution in [2.45, 2.75) is 4.39 Å². The largest absolute Gasteiger partial charge is 0.364 e. The Morgan fingerprint density at radius 2 is 2.00 bits per heavy atom. The van der Waals surface area contributed by atoms with Crippen LogP contribution in [0.4, 0.5) is 0 Å². The van der Waals surface area contributed by atoms with Crippen molar-refractivity contribution in [3.05, 3.63) is 0 Å². The third-order valence-corrected chi connectivity index (χ3v) is 2.55. The summed E-state index contributed by atoms with van der Waals surface area (Å²) in [5, 5.41) is 8.37. The van der Waals surface area contributed by atoms with Gasteiger partial charge in [0.05, 0.1) is 16.6 Å². The van der Waals surface area contributed by atoms with E-state index in [-0.39, 0.29) is 22.7 Å². The van der Waals surface area contributed by atoms with Crippen LogP contribution in [0.1, 0.15) is 0 Å². The number of rotatable bonds is 0. The molecule has 1 fully saturated rings. The first kappa shape index (κ1) is 7.88. The predicted molar refractivity (Wildman–Crippen MR) is 34.1 cm³/mol. The Hall–Kier alpha value is 0.880. The van der Waals surface area contributed by atoms with Crippen LogP contribution in [0.3, 0.4) is 0 Å². The van der Waals surface area contributed by atoms with Gasteiger partial charge in [-0.1, -0.05) is 11.6 Å². The van der Waals surface area contributed by atoms with Gasteiger partial charge in [0.2, 0.25) is 4.39 Å². The second-order valence-electron chi connectivity index (χ2n) is 1.18. The summed E-state index contributed by atoms with van der Waals surface area (Å²) in [6.07, 6.45) is 0. The SMILES string of the molecule is Br.O=S1CC1(O)Cl. The van der Waals surface area contributed by atoms with Gasteiger partial charge in [-0.15, -0.1) is 17.0 Å². The minimum Gasteiger partial charge on any atom is -0.364 e. The summed E-state index contributed by atoms with van der Waals surface area (Å²) in [6.45, 7) is 0. The third-order valence-electron chi connectivity index (χ3n) is 0.569. The molecule has 0 bridgehead atoms. The minimum atomic E-state index is -1.35. The van der Waals surface area contributed by atoms with Crippen molar-refractivity contribution in [2.75, 3.05) is 5.75 Å². The van der Waals surface area contributed by atoms with Gasteiger partial charge < -0.3 is 5.11 Å². The molecule has 2 unspecified atom stereocenters. The predicted octanol–water partition coefficient (Wildman–Crippen LogP) is 0.212. The molecule has 0 aromatic rings. The molecule has 1 N–H and O–H groups in total. The van der Waals surface area contributed by atoms with Gasteiger partial charge in [-0.3, -0.25) is 4.21 Å². The van der Waals surface area contributed by atoms with Crippen molar-refractivity contribution >= 4 is 39.4 Å². The van der Waals surface area contributed by atoms with Gasteiger partial charge in [0, 0.05) is 0 Å². The van der Waals surface area contributed by atoms with E-state index in [9.17, 15) is 4.21 Å². The van der Waals surface area contributed by atoms with E-state index in [0.29, 0.717) is 0 Å². The fourth-order valence-electron chi connectivity index (χ4n) is 0.132. The van der Waals surface area contributed by atoms with E-state index < -0.39 is 15.2 Å². The van der Waals surface area contributed by atoms with Crippen molar-refractivity contribution in [1.82, 2.24) is 0 Å². The Morgan fingerprint density at radius 1 is 1.86 bits per heavy atom. The summed E-state index contributed by atoms with van der Waals surface area (Å²) in [5.74, 6) is 0.231. The van der Waals surface area contributed by atoms with Crippen LogP contribution in [0.2, 0.25) is 0 Å². The average molecular weight is 207 g/mol. The number of aliphatic hydroxyl groups is 1. The van der Waals surface area contributed by atoms with Crippen LogP contribution in [-0.2, 0) is 10.8 Å². The molecule has 1 heterocycles. The van der Waals surface area contributed by atoms with Gasteiger partial charge in [0.15, 0.2) is 0 Å². The standard InChI is InChI=1S/C2H3ClO2S.BrH/c3-2(4)1-6(2)5;/h4H,1H2;1H. The van der Waals surface area contributed by atoms with Gasteiger partial charge in [-0.05, 0) is 0 Å². The minimum absolute atomic E-state index is 0. The molecule has 44 valence electrons. The van der Waals surface area contributed by atoms with E-state index in [0.717, 1.165) is 0 Å². The van der Waals surface area contributed by atoms with Crippen molar-refractivity contribution in [1.29, 1.82) is 0 Å². The molecular formula is C2H4BrClO2S. The molecular weight excluding hydrogens is 203 g/mol. The number of alkyl halides is 1. The molecule has 0 aromatic carbocycles. The highest BCUT2D eigenvalue weighted by molar-refractivity contribution is 8.93. The first-order valence-corrected chi connectivity index (χ1v) is 3.12. The van der Waals surface area contributed by atoms with Crippen LogP contribution in [0, 0.1) is 0 Å². The smallest absolute Gasteiger partial charge is 0.226 e. The number of halogens is 2. The van der Waals surface area contributed by atoms with E-state index >= 15 is 0 Å². The monoisotopic (exact) mass is 206 g/mol. The molecule has 0 aromatic heterocycles. The Kier molecular flexibility index (Phi) is 2.26. The highest BCUT2D eigenvalue weighted by Gasteiger charge is 2.49. The van der Waals surface area contributed by atoms with Crippen LogP contribution < -0.4 is 0 Å². The second kappa shape index (κ2) is 2.01. The fraction of sp³-hybridized carbons (Fsp3) is 1.00. The topological polar surface area (TPSA) is 37.3 Å². The van der Waals surface area contributed by atoms with Gasteiger partial charge in [-0.25, -0.2) is 0 Å². The highest BCUT2D eigenvalue weighted by Crippen LogP contribution is 2.32. The summed E-state index contributed by atoms with van der Waals surface area (Å²) in [4.78, 5) is 0. The quantitative estimate of drug-likeness (QED) is 0.456. The Bertz CT molecular complexity index is 104. The zero-order valence-electron chi connectivity index (χ0n) is 3.26. The summed E-state index contributed by atoms with van der Waals surface area (Å²) >= 11 is 5.05. The van der Waals surface area contributed by atoms with Gasteiger partial charge in [0.1, 0.15) is 0 Å². The van der Waals surface area contributed by atoms with Crippen LogP contribution in [-0.4, -0.2) is 19.5 Å². The molecule has 0 aliphatic carbocycles. The fourth-order valence-corrected chi connectivity index (χ4v) is 0.838. The molecule has 1 saturated heterocycles. The zero-order valence-corrected chi connectivity index (χ0v) is 6.54. The zero-order chi connectivity index (χ0) is 4.78. The van der Waals surface area contributed by atoms with Crippen LogP contribution in [0.15, 0.2) is 0 Å². The van der Waals surface area contributed by atoms with Crippen molar-refractivity contribution < 1.29 is 9.32 Å². The summed E-state index contributed by atoms with van der Waals surface area (Å²) in [7, 11) is -1.15. The van der Waals surface area contributed by atoms with Gasteiger partial charge >= 0.3 is 0 Å². The number of hydrogen-bond acceptors (Lipinski definition) is 2. The molecule has 1 aliphatic rings. The summed E-state index contributed by atoms with van der Waals surface area (Å²) < 4.78 is 8.59. The lowest BCUT2D eigenvalue weighted by molar-refractivity contribution is 0.273. The van der Waals surface area contributed by atoms with Crippen molar-refractivity contribution in [3.63, 3.8) is 0 Å². The Morgan fingerprint density at radius 3 is 2.00 bits per heavy atom.